The SMILES string of the molecule is COc1ccc([C@@H](C#N)c2ccc(C(=O)c3ccccc3)cc2)cc1OC. The number of carbonyl (C=O) groups excluding carboxylic acids is 1. The van der Waals surface area contributed by atoms with Crippen molar-refractivity contribution in [3.05, 3.63) is 95.1 Å². The summed E-state index contributed by atoms with van der Waals surface area (Å²) in [6.07, 6.45) is 0. The van der Waals surface area contributed by atoms with Crippen LogP contribution in [0.3, 0.4) is 0 Å². The highest BCUT2D eigenvalue weighted by atomic mass is 16.5. The number of nitriles is 1. The summed E-state index contributed by atoms with van der Waals surface area (Å²) in [5, 5.41) is 9.69. The predicted octanol–water partition coefficient (Wildman–Crippen LogP) is 4.59. The number of nitrogens with zero attached hydrogens (tertiary/aromatic N) is 1. The lowest BCUT2D eigenvalue weighted by Crippen LogP contribution is -2.03. The molecule has 0 heterocycles. The predicted molar refractivity (Wildman–Crippen MR) is 103 cm³/mol. The van der Waals surface area contributed by atoms with Crippen LogP contribution < -0.4 is 9.47 Å². The molecule has 0 aliphatic rings. The highest BCUT2D eigenvalue weighted by Gasteiger charge is 2.17. The van der Waals surface area contributed by atoms with Crippen LogP contribution in [0.25, 0.3) is 0 Å². The van der Waals surface area contributed by atoms with Gasteiger partial charge in [-0.15, -0.1) is 0 Å². The molecule has 0 aliphatic heterocycles. The van der Waals surface area contributed by atoms with Crippen LogP contribution in [-0.2, 0) is 0 Å². The molecule has 0 aromatic heterocycles. The molecule has 0 unspecified atom stereocenters. The Morgan fingerprint density at radius 2 is 1.41 bits per heavy atom. The number of ketones is 1. The van der Waals surface area contributed by atoms with Gasteiger partial charge in [0.2, 0.25) is 0 Å². The van der Waals surface area contributed by atoms with E-state index in [1.54, 1.807) is 50.6 Å². The van der Waals surface area contributed by atoms with Gasteiger partial charge in [0, 0.05) is 11.1 Å². The average molecular weight is 357 g/mol. The molecule has 1 atom stereocenters. The Hall–Kier alpha value is -3.58. The smallest absolute Gasteiger partial charge is 0.193 e. The lowest BCUT2D eigenvalue weighted by molar-refractivity contribution is 0.103. The topological polar surface area (TPSA) is 59.3 Å². The average Bonchev–Trinajstić information content (AvgIpc) is 2.74. The highest BCUT2D eigenvalue weighted by molar-refractivity contribution is 6.08. The zero-order valence-corrected chi connectivity index (χ0v) is 15.2. The lowest BCUT2D eigenvalue weighted by atomic mass is 9.91. The minimum atomic E-state index is -0.467. The molecule has 4 nitrogen and oxygen atoms in total. The van der Waals surface area contributed by atoms with E-state index in [1.807, 2.05) is 36.4 Å². The fourth-order valence-electron chi connectivity index (χ4n) is 2.96. The maximum Gasteiger partial charge on any atom is 0.193 e. The van der Waals surface area contributed by atoms with Crippen LogP contribution in [0.5, 0.6) is 11.5 Å². The van der Waals surface area contributed by atoms with Gasteiger partial charge in [0.15, 0.2) is 17.3 Å². The Morgan fingerprint density at radius 3 is 2.00 bits per heavy atom. The van der Waals surface area contributed by atoms with Gasteiger partial charge in [0.1, 0.15) is 0 Å². The van der Waals surface area contributed by atoms with Crippen LogP contribution >= 0.6 is 0 Å². The second kappa shape index (κ2) is 8.20. The number of ether oxygens (including phenoxy) is 2. The fourth-order valence-corrected chi connectivity index (χ4v) is 2.96. The van der Waals surface area contributed by atoms with E-state index in [1.165, 1.54) is 0 Å². The van der Waals surface area contributed by atoms with Crippen LogP contribution in [0, 0.1) is 11.3 Å². The van der Waals surface area contributed by atoms with Crippen molar-refractivity contribution < 1.29 is 14.3 Å². The molecule has 0 radical (unpaired) electrons. The van der Waals surface area contributed by atoms with E-state index in [4.69, 9.17) is 9.47 Å². The summed E-state index contributed by atoms with van der Waals surface area (Å²) in [5.74, 6) is 0.681. The van der Waals surface area contributed by atoms with E-state index >= 15 is 0 Å². The zero-order chi connectivity index (χ0) is 19.2. The van der Waals surface area contributed by atoms with Gasteiger partial charge in [-0.25, -0.2) is 0 Å². The molecule has 0 amide bonds. The maximum absolute atomic E-state index is 12.5. The zero-order valence-electron chi connectivity index (χ0n) is 15.2. The summed E-state index contributed by atoms with van der Waals surface area (Å²) in [6, 6.07) is 24.0. The van der Waals surface area contributed by atoms with E-state index in [2.05, 4.69) is 6.07 Å². The minimum Gasteiger partial charge on any atom is -0.493 e. The van der Waals surface area contributed by atoms with E-state index in [0.717, 1.165) is 11.1 Å². The molecule has 0 saturated carbocycles. The maximum atomic E-state index is 12.5. The van der Waals surface area contributed by atoms with Crippen LogP contribution in [0.2, 0.25) is 0 Å². The third-order valence-corrected chi connectivity index (χ3v) is 4.41. The summed E-state index contributed by atoms with van der Waals surface area (Å²) in [7, 11) is 3.13. The normalized spacial score (nSPS) is 11.3. The fraction of sp³-hybridized carbons (Fsp3) is 0.130. The number of methoxy groups -OCH3 is 2. The van der Waals surface area contributed by atoms with Crippen molar-refractivity contribution >= 4 is 5.78 Å². The summed E-state index contributed by atoms with van der Waals surface area (Å²) >= 11 is 0. The van der Waals surface area contributed by atoms with Crippen LogP contribution in [-0.4, -0.2) is 20.0 Å². The molecular formula is C23H19NO3. The quantitative estimate of drug-likeness (QED) is 0.606. The van der Waals surface area contributed by atoms with Gasteiger partial charge in [0.05, 0.1) is 26.2 Å². The molecule has 0 aliphatic carbocycles. The Labute approximate surface area is 158 Å². The molecule has 3 aromatic rings. The molecule has 0 bridgehead atoms. The molecule has 0 spiro atoms. The standard InChI is InChI=1S/C23H19NO3/c1-26-21-13-12-19(14-22(21)27-2)20(15-24)16-8-10-18(11-9-16)23(25)17-6-4-3-5-7-17/h3-14,20H,1-2H3/t20-/m0/s1. The van der Waals surface area contributed by atoms with Crippen molar-refractivity contribution in [2.24, 2.45) is 0 Å². The van der Waals surface area contributed by atoms with Gasteiger partial charge in [-0.05, 0) is 23.3 Å². The van der Waals surface area contributed by atoms with Crippen molar-refractivity contribution in [1.82, 2.24) is 0 Å². The number of rotatable bonds is 6. The van der Waals surface area contributed by atoms with Gasteiger partial charge >= 0.3 is 0 Å². The van der Waals surface area contributed by atoms with E-state index in [-0.39, 0.29) is 5.78 Å². The highest BCUT2D eigenvalue weighted by Crippen LogP contribution is 2.33. The Balaban J connectivity index is 1.89. The van der Waals surface area contributed by atoms with Crippen LogP contribution in [0.15, 0.2) is 72.8 Å². The first kappa shape index (κ1) is 18.2. The third-order valence-electron chi connectivity index (χ3n) is 4.41. The molecule has 3 rings (SSSR count). The summed E-state index contributed by atoms with van der Waals surface area (Å²) in [4.78, 5) is 12.5. The largest absolute Gasteiger partial charge is 0.493 e. The van der Waals surface area contributed by atoms with Crippen molar-refractivity contribution in [2.75, 3.05) is 14.2 Å². The van der Waals surface area contributed by atoms with Gasteiger partial charge in [0.25, 0.3) is 0 Å². The van der Waals surface area contributed by atoms with Crippen LogP contribution in [0.1, 0.15) is 33.0 Å². The van der Waals surface area contributed by atoms with E-state index < -0.39 is 5.92 Å². The van der Waals surface area contributed by atoms with Gasteiger partial charge in [-0.3, -0.25) is 4.79 Å². The molecule has 0 N–H and O–H groups in total. The second-order valence-corrected chi connectivity index (χ2v) is 5.99. The number of hydrogen-bond donors (Lipinski definition) is 0. The van der Waals surface area contributed by atoms with Crippen molar-refractivity contribution in [2.45, 2.75) is 5.92 Å². The van der Waals surface area contributed by atoms with E-state index in [9.17, 15) is 10.1 Å². The molecule has 0 saturated heterocycles. The molecule has 0 fully saturated rings. The van der Waals surface area contributed by atoms with Crippen molar-refractivity contribution in [3.63, 3.8) is 0 Å². The summed E-state index contributed by atoms with van der Waals surface area (Å²) in [6.45, 7) is 0. The third kappa shape index (κ3) is 3.83. The van der Waals surface area contributed by atoms with Crippen LogP contribution in [0.4, 0.5) is 0 Å². The molecule has 134 valence electrons. The van der Waals surface area contributed by atoms with Gasteiger partial charge in [-0.1, -0.05) is 60.7 Å². The summed E-state index contributed by atoms with van der Waals surface area (Å²) < 4.78 is 10.6. The van der Waals surface area contributed by atoms with E-state index in [0.29, 0.717) is 22.6 Å². The Kier molecular flexibility index (Phi) is 5.53. The molecule has 4 heteroatoms. The molecular weight excluding hydrogens is 338 g/mol. The number of benzene rings is 3. The Bertz CT molecular complexity index is 973. The van der Waals surface area contributed by atoms with Crippen molar-refractivity contribution in [1.29, 1.82) is 5.26 Å². The first-order valence-electron chi connectivity index (χ1n) is 8.49. The second-order valence-electron chi connectivity index (χ2n) is 5.99. The monoisotopic (exact) mass is 357 g/mol. The van der Waals surface area contributed by atoms with Gasteiger partial charge < -0.3 is 9.47 Å². The molecule has 3 aromatic carbocycles. The number of carbonyl (C=O) groups is 1. The van der Waals surface area contributed by atoms with Gasteiger partial charge in [-0.2, -0.15) is 5.26 Å². The Morgan fingerprint density at radius 1 is 0.815 bits per heavy atom. The first-order chi connectivity index (χ1) is 13.2. The summed E-state index contributed by atoms with van der Waals surface area (Å²) in [5.41, 5.74) is 2.85. The molecule has 27 heavy (non-hydrogen) atoms. The first-order valence-corrected chi connectivity index (χ1v) is 8.49. The minimum absolute atomic E-state index is 0.0400. The lowest BCUT2D eigenvalue weighted by Gasteiger charge is -2.14. The van der Waals surface area contributed by atoms with Crippen molar-refractivity contribution in [3.8, 4) is 17.6 Å². The number of hydrogen-bond acceptors (Lipinski definition) is 4.